The molecule has 0 amide bonds. The van der Waals surface area contributed by atoms with Crippen LogP contribution >= 0.6 is 11.6 Å². The minimum absolute atomic E-state index is 0.625. The number of likely N-dealkylation sites (tertiary alicyclic amines) is 1. The summed E-state index contributed by atoms with van der Waals surface area (Å²) in [5.41, 5.74) is 6.84. The zero-order valence-electron chi connectivity index (χ0n) is 11.0. The Morgan fingerprint density at radius 1 is 1.28 bits per heavy atom. The molecule has 1 saturated heterocycles. The standard InChI is InChI=1S/C14H22ClN3/c1-17(13-4-2-12(15)3-5-13)14-6-9-18(10-7-14)11-8-16/h2-5,14H,6-11,16H2,1H3. The van der Waals surface area contributed by atoms with Crippen LogP contribution < -0.4 is 10.6 Å². The highest BCUT2D eigenvalue weighted by Gasteiger charge is 2.22. The number of hydrogen-bond donors (Lipinski definition) is 1. The molecule has 1 aliphatic rings. The molecule has 0 unspecified atom stereocenters. The molecule has 0 bridgehead atoms. The first-order chi connectivity index (χ1) is 8.70. The van der Waals surface area contributed by atoms with Crippen molar-refractivity contribution in [3.63, 3.8) is 0 Å². The van der Waals surface area contributed by atoms with Crippen LogP contribution in [0.4, 0.5) is 5.69 Å². The van der Waals surface area contributed by atoms with Gasteiger partial charge in [-0.1, -0.05) is 11.6 Å². The first kappa shape index (κ1) is 13.7. The van der Waals surface area contributed by atoms with Gasteiger partial charge in [-0.05, 0) is 37.1 Å². The third-order valence-electron chi connectivity index (χ3n) is 3.78. The Morgan fingerprint density at radius 3 is 2.44 bits per heavy atom. The number of benzene rings is 1. The van der Waals surface area contributed by atoms with Crippen molar-refractivity contribution in [1.82, 2.24) is 4.90 Å². The van der Waals surface area contributed by atoms with E-state index in [1.165, 1.54) is 18.5 Å². The van der Waals surface area contributed by atoms with Gasteiger partial charge in [-0.3, -0.25) is 0 Å². The van der Waals surface area contributed by atoms with Gasteiger partial charge in [0.2, 0.25) is 0 Å². The highest BCUT2D eigenvalue weighted by atomic mass is 35.5. The third kappa shape index (κ3) is 3.37. The number of hydrogen-bond acceptors (Lipinski definition) is 3. The SMILES string of the molecule is CN(c1ccc(Cl)cc1)C1CCN(CCN)CC1. The summed E-state index contributed by atoms with van der Waals surface area (Å²) in [6.45, 7) is 4.09. The molecule has 3 nitrogen and oxygen atoms in total. The molecule has 2 rings (SSSR count). The number of nitrogens with zero attached hydrogens (tertiary/aromatic N) is 2. The minimum atomic E-state index is 0.625. The molecule has 100 valence electrons. The summed E-state index contributed by atoms with van der Waals surface area (Å²) in [4.78, 5) is 4.82. The quantitative estimate of drug-likeness (QED) is 0.908. The fourth-order valence-corrected chi connectivity index (χ4v) is 2.73. The van der Waals surface area contributed by atoms with Crippen molar-refractivity contribution in [2.24, 2.45) is 5.73 Å². The van der Waals surface area contributed by atoms with Crippen LogP contribution in [0.5, 0.6) is 0 Å². The van der Waals surface area contributed by atoms with Gasteiger partial charge in [-0.25, -0.2) is 0 Å². The first-order valence-electron chi connectivity index (χ1n) is 6.61. The van der Waals surface area contributed by atoms with Crippen molar-refractivity contribution in [2.75, 3.05) is 38.1 Å². The van der Waals surface area contributed by atoms with Crippen LogP contribution in [0.15, 0.2) is 24.3 Å². The lowest BCUT2D eigenvalue weighted by Gasteiger charge is -2.37. The van der Waals surface area contributed by atoms with Crippen LogP contribution in [0.2, 0.25) is 5.02 Å². The average molecular weight is 268 g/mol. The number of anilines is 1. The molecule has 0 spiro atoms. The summed E-state index contributed by atoms with van der Waals surface area (Å²) < 4.78 is 0. The van der Waals surface area contributed by atoms with E-state index in [1.54, 1.807) is 0 Å². The van der Waals surface area contributed by atoms with Crippen LogP contribution in [-0.2, 0) is 0 Å². The molecule has 18 heavy (non-hydrogen) atoms. The smallest absolute Gasteiger partial charge is 0.0407 e. The second-order valence-electron chi connectivity index (χ2n) is 4.95. The second kappa shape index (κ2) is 6.41. The highest BCUT2D eigenvalue weighted by molar-refractivity contribution is 6.30. The van der Waals surface area contributed by atoms with E-state index in [4.69, 9.17) is 17.3 Å². The zero-order valence-corrected chi connectivity index (χ0v) is 11.7. The van der Waals surface area contributed by atoms with Gasteiger partial charge >= 0.3 is 0 Å². The van der Waals surface area contributed by atoms with E-state index in [0.717, 1.165) is 31.2 Å². The van der Waals surface area contributed by atoms with Crippen LogP contribution in [-0.4, -0.2) is 44.2 Å². The van der Waals surface area contributed by atoms with Crippen molar-refractivity contribution in [1.29, 1.82) is 0 Å². The second-order valence-corrected chi connectivity index (χ2v) is 5.39. The average Bonchev–Trinajstić information content (AvgIpc) is 2.40. The van der Waals surface area contributed by atoms with E-state index in [0.29, 0.717) is 6.04 Å². The summed E-state index contributed by atoms with van der Waals surface area (Å²) in [5, 5.41) is 0.796. The van der Waals surface area contributed by atoms with E-state index in [1.807, 2.05) is 12.1 Å². The maximum absolute atomic E-state index is 5.92. The van der Waals surface area contributed by atoms with E-state index >= 15 is 0 Å². The predicted molar refractivity (Wildman–Crippen MR) is 78.4 cm³/mol. The van der Waals surface area contributed by atoms with Gasteiger partial charge in [0.05, 0.1) is 0 Å². The third-order valence-corrected chi connectivity index (χ3v) is 4.04. The van der Waals surface area contributed by atoms with Crippen LogP contribution in [0.1, 0.15) is 12.8 Å². The summed E-state index contributed by atoms with van der Waals surface area (Å²) in [6.07, 6.45) is 2.41. The lowest BCUT2D eigenvalue weighted by molar-refractivity contribution is 0.216. The van der Waals surface area contributed by atoms with E-state index < -0.39 is 0 Å². The van der Waals surface area contributed by atoms with Gasteiger partial charge in [0.15, 0.2) is 0 Å². The molecule has 0 aliphatic carbocycles. The lowest BCUT2D eigenvalue weighted by Crippen LogP contribution is -2.44. The molecule has 1 fully saturated rings. The molecule has 2 N–H and O–H groups in total. The van der Waals surface area contributed by atoms with Gasteiger partial charge in [0.25, 0.3) is 0 Å². The van der Waals surface area contributed by atoms with E-state index in [2.05, 4.69) is 29.0 Å². The summed E-state index contributed by atoms with van der Waals surface area (Å²) >= 11 is 5.92. The first-order valence-corrected chi connectivity index (χ1v) is 6.99. The summed E-state index contributed by atoms with van der Waals surface area (Å²) in [5.74, 6) is 0. The molecular weight excluding hydrogens is 246 g/mol. The molecule has 1 aliphatic heterocycles. The van der Waals surface area contributed by atoms with Crippen molar-refractivity contribution >= 4 is 17.3 Å². The molecule has 0 saturated carbocycles. The molecule has 1 aromatic carbocycles. The van der Waals surface area contributed by atoms with Gasteiger partial charge in [-0.15, -0.1) is 0 Å². The van der Waals surface area contributed by atoms with E-state index in [9.17, 15) is 0 Å². The molecule has 1 aromatic rings. The Labute approximate surface area is 115 Å². The van der Waals surface area contributed by atoms with Gasteiger partial charge in [0.1, 0.15) is 0 Å². The highest BCUT2D eigenvalue weighted by Crippen LogP contribution is 2.23. The van der Waals surface area contributed by atoms with E-state index in [-0.39, 0.29) is 0 Å². The number of halogens is 1. The maximum Gasteiger partial charge on any atom is 0.0407 e. The summed E-state index contributed by atoms with van der Waals surface area (Å²) in [6, 6.07) is 8.72. The fourth-order valence-electron chi connectivity index (χ4n) is 2.60. The van der Waals surface area contributed by atoms with Crippen LogP contribution in [0.25, 0.3) is 0 Å². The van der Waals surface area contributed by atoms with Crippen LogP contribution in [0, 0.1) is 0 Å². The Morgan fingerprint density at radius 2 is 1.89 bits per heavy atom. The molecule has 4 heteroatoms. The van der Waals surface area contributed by atoms with Crippen molar-refractivity contribution in [3.8, 4) is 0 Å². The molecule has 1 heterocycles. The van der Waals surface area contributed by atoms with Gasteiger partial charge in [-0.2, -0.15) is 0 Å². The largest absolute Gasteiger partial charge is 0.372 e. The maximum atomic E-state index is 5.92. The Kier molecular flexibility index (Phi) is 4.87. The van der Waals surface area contributed by atoms with Gasteiger partial charge < -0.3 is 15.5 Å². The Balaban J connectivity index is 1.91. The number of piperidine rings is 1. The lowest BCUT2D eigenvalue weighted by atomic mass is 10.0. The van der Waals surface area contributed by atoms with Crippen molar-refractivity contribution in [3.05, 3.63) is 29.3 Å². The molecule has 0 aromatic heterocycles. The molecule has 0 atom stereocenters. The van der Waals surface area contributed by atoms with Gasteiger partial charge in [0, 0.05) is 50.0 Å². The molecular formula is C14H22ClN3. The minimum Gasteiger partial charge on any atom is -0.372 e. The number of nitrogens with two attached hydrogens (primary N) is 1. The Hall–Kier alpha value is -0.770. The van der Waals surface area contributed by atoms with Crippen molar-refractivity contribution in [2.45, 2.75) is 18.9 Å². The monoisotopic (exact) mass is 267 g/mol. The topological polar surface area (TPSA) is 32.5 Å². The normalized spacial score (nSPS) is 17.9. The zero-order chi connectivity index (χ0) is 13.0. The fraction of sp³-hybridized carbons (Fsp3) is 0.571. The predicted octanol–water partition coefficient (Wildman–Crippen LogP) is 2.20. The Bertz CT molecular complexity index is 358. The summed E-state index contributed by atoms with van der Waals surface area (Å²) in [7, 11) is 2.17. The van der Waals surface area contributed by atoms with Crippen LogP contribution in [0.3, 0.4) is 0 Å². The molecule has 0 radical (unpaired) electrons. The number of rotatable bonds is 4. The van der Waals surface area contributed by atoms with Crippen molar-refractivity contribution < 1.29 is 0 Å².